The molecular weight excluding hydrogens is 306 g/mol. The summed E-state index contributed by atoms with van der Waals surface area (Å²) in [6.07, 6.45) is 2.96. The Morgan fingerprint density at radius 1 is 1.37 bits per heavy atom. The fourth-order valence-electron chi connectivity index (χ4n) is 3.50. The van der Waals surface area contributed by atoms with Gasteiger partial charge in [-0.25, -0.2) is 0 Å². The zero-order valence-electron chi connectivity index (χ0n) is 11.2. The first kappa shape index (κ1) is 13.4. The van der Waals surface area contributed by atoms with Crippen LogP contribution < -0.4 is 4.74 Å². The van der Waals surface area contributed by atoms with Gasteiger partial charge in [0.25, 0.3) is 0 Å². The molecule has 4 heteroatoms. The van der Waals surface area contributed by atoms with Gasteiger partial charge in [-0.05, 0) is 62.0 Å². The fraction of sp³-hybridized carbons (Fsp3) is 0.600. The van der Waals surface area contributed by atoms with E-state index in [0.29, 0.717) is 5.92 Å². The third-order valence-electron chi connectivity index (χ3n) is 4.59. The van der Waals surface area contributed by atoms with Crippen LogP contribution in [0.1, 0.15) is 18.4 Å². The first-order valence-electron chi connectivity index (χ1n) is 6.93. The second-order valence-corrected chi connectivity index (χ2v) is 6.51. The predicted molar refractivity (Wildman–Crippen MR) is 78.5 cm³/mol. The summed E-state index contributed by atoms with van der Waals surface area (Å²) in [5.41, 5.74) is 1.17. The molecule has 0 amide bonds. The molecule has 3 aliphatic heterocycles. The number of aliphatic hydroxyl groups excluding tert-OH is 1. The largest absolute Gasteiger partial charge is 0.496 e. The Morgan fingerprint density at radius 2 is 2.11 bits per heavy atom. The van der Waals surface area contributed by atoms with Gasteiger partial charge in [-0.3, -0.25) is 4.90 Å². The number of benzene rings is 1. The van der Waals surface area contributed by atoms with Crippen molar-refractivity contribution in [2.45, 2.75) is 31.4 Å². The molecule has 104 valence electrons. The Balaban J connectivity index is 1.83. The molecule has 19 heavy (non-hydrogen) atoms. The molecular formula is C15H20BrNO2. The maximum absolute atomic E-state index is 10.5. The lowest BCUT2D eigenvalue weighted by molar-refractivity contribution is -0.0716. The number of methoxy groups -OCH3 is 1. The van der Waals surface area contributed by atoms with E-state index in [-0.39, 0.29) is 12.1 Å². The molecule has 0 saturated carbocycles. The van der Waals surface area contributed by atoms with Crippen molar-refractivity contribution in [2.24, 2.45) is 5.92 Å². The number of ether oxygens (including phenoxy) is 1. The van der Waals surface area contributed by atoms with Crippen LogP contribution in [0.5, 0.6) is 5.75 Å². The van der Waals surface area contributed by atoms with E-state index in [0.717, 1.165) is 42.6 Å². The van der Waals surface area contributed by atoms with Crippen molar-refractivity contribution in [1.82, 2.24) is 4.90 Å². The number of aliphatic hydroxyl groups is 1. The molecule has 3 aliphatic rings. The van der Waals surface area contributed by atoms with Crippen LogP contribution in [0.2, 0.25) is 0 Å². The number of halogens is 1. The number of fused-ring (bicyclic) bond motifs is 3. The van der Waals surface area contributed by atoms with Crippen LogP contribution in [0.25, 0.3) is 0 Å². The lowest BCUT2D eigenvalue weighted by Crippen LogP contribution is -2.58. The standard InChI is InChI=1S/C15H20BrNO2/c1-19-14-3-2-12(16)8-11(14)9-13-15(18)10-4-6-17(13)7-5-10/h2-3,8,10,13,15,18H,4-7,9H2,1H3. The highest BCUT2D eigenvalue weighted by Crippen LogP contribution is 2.35. The number of nitrogens with zero attached hydrogens (tertiary/aromatic N) is 1. The van der Waals surface area contributed by atoms with Crippen molar-refractivity contribution in [3.8, 4) is 5.75 Å². The molecule has 4 rings (SSSR count). The molecule has 2 unspecified atom stereocenters. The summed E-state index contributed by atoms with van der Waals surface area (Å²) < 4.78 is 6.50. The van der Waals surface area contributed by atoms with Crippen molar-refractivity contribution in [3.05, 3.63) is 28.2 Å². The van der Waals surface area contributed by atoms with E-state index in [1.54, 1.807) is 7.11 Å². The van der Waals surface area contributed by atoms with Gasteiger partial charge in [0.05, 0.1) is 13.2 Å². The highest BCUT2D eigenvalue weighted by atomic mass is 79.9. The predicted octanol–water partition coefficient (Wildman–Crippen LogP) is 2.46. The van der Waals surface area contributed by atoms with Crippen molar-refractivity contribution in [3.63, 3.8) is 0 Å². The molecule has 3 nitrogen and oxygen atoms in total. The second kappa shape index (κ2) is 5.43. The molecule has 3 fully saturated rings. The first-order chi connectivity index (χ1) is 9.19. The third-order valence-corrected chi connectivity index (χ3v) is 5.09. The van der Waals surface area contributed by atoms with Crippen LogP contribution in [0, 0.1) is 5.92 Å². The van der Waals surface area contributed by atoms with E-state index in [1.807, 2.05) is 12.1 Å². The van der Waals surface area contributed by atoms with Gasteiger partial charge in [0.15, 0.2) is 0 Å². The van der Waals surface area contributed by atoms with Crippen molar-refractivity contribution >= 4 is 15.9 Å². The molecule has 2 atom stereocenters. The Kier molecular flexibility index (Phi) is 3.83. The van der Waals surface area contributed by atoms with Crippen LogP contribution in [0.4, 0.5) is 0 Å². The Morgan fingerprint density at radius 3 is 2.74 bits per heavy atom. The van der Waals surface area contributed by atoms with Gasteiger partial charge >= 0.3 is 0 Å². The Labute approximate surface area is 122 Å². The zero-order valence-corrected chi connectivity index (χ0v) is 12.8. The zero-order chi connectivity index (χ0) is 13.4. The molecule has 3 saturated heterocycles. The van der Waals surface area contributed by atoms with Gasteiger partial charge in [-0.1, -0.05) is 15.9 Å². The van der Waals surface area contributed by atoms with E-state index < -0.39 is 0 Å². The Hall–Kier alpha value is -0.580. The summed E-state index contributed by atoms with van der Waals surface area (Å²) in [6.45, 7) is 2.26. The topological polar surface area (TPSA) is 32.7 Å². The van der Waals surface area contributed by atoms with Crippen LogP contribution >= 0.6 is 15.9 Å². The van der Waals surface area contributed by atoms with E-state index in [2.05, 4.69) is 26.9 Å². The van der Waals surface area contributed by atoms with E-state index in [4.69, 9.17) is 4.74 Å². The average molecular weight is 326 g/mol. The SMILES string of the molecule is COc1ccc(Br)cc1CC1C(O)C2CCN1CC2. The summed E-state index contributed by atoms with van der Waals surface area (Å²) in [4.78, 5) is 2.44. The Bertz CT molecular complexity index is 455. The fourth-order valence-corrected chi connectivity index (χ4v) is 3.91. The van der Waals surface area contributed by atoms with Crippen molar-refractivity contribution in [2.75, 3.05) is 20.2 Å². The lowest BCUT2D eigenvalue weighted by atomic mass is 9.78. The minimum atomic E-state index is -0.189. The average Bonchev–Trinajstić information content (AvgIpc) is 2.43. The van der Waals surface area contributed by atoms with E-state index >= 15 is 0 Å². The highest BCUT2D eigenvalue weighted by molar-refractivity contribution is 9.10. The number of hydrogen-bond donors (Lipinski definition) is 1. The molecule has 1 N–H and O–H groups in total. The molecule has 2 bridgehead atoms. The summed E-state index contributed by atoms with van der Waals surface area (Å²) in [5.74, 6) is 1.41. The highest BCUT2D eigenvalue weighted by Gasteiger charge is 2.41. The van der Waals surface area contributed by atoms with Crippen molar-refractivity contribution in [1.29, 1.82) is 0 Å². The number of rotatable bonds is 3. The van der Waals surface area contributed by atoms with Crippen LogP contribution in [-0.2, 0) is 6.42 Å². The lowest BCUT2D eigenvalue weighted by Gasteiger charge is -2.49. The monoisotopic (exact) mass is 325 g/mol. The maximum Gasteiger partial charge on any atom is 0.122 e. The van der Waals surface area contributed by atoms with Gasteiger partial charge < -0.3 is 9.84 Å². The summed E-state index contributed by atoms with van der Waals surface area (Å²) in [5, 5.41) is 10.5. The van der Waals surface area contributed by atoms with Gasteiger partial charge in [-0.15, -0.1) is 0 Å². The smallest absolute Gasteiger partial charge is 0.122 e. The van der Waals surface area contributed by atoms with Gasteiger partial charge in [0, 0.05) is 10.5 Å². The third kappa shape index (κ3) is 2.54. The molecule has 0 radical (unpaired) electrons. The maximum atomic E-state index is 10.5. The summed E-state index contributed by atoms with van der Waals surface area (Å²) in [7, 11) is 1.70. The number of hydrogen-bond acceptors (Lipinski definition) is 3. The van der Waals surface area contributed by atoms with E-state index in [1.165, 1.54) is 5.56 Å². The molecule has 0 aliphatic carbocycles. The molecule has 0 aromatic heterocycles. The molecule has 1 aromatic carbocycles. The quantitative estimate of drug-likeness (QED) is 0.926. The van der Waals surface area contributed by atoms with Gasteiger partial charge in [0.1, 0.15) is 5.75 Å². The van der Waals surface area contributed by atoms with Crippen molar-refractivity contribution < 1.29 is 9.84 Å². The van der Waals surface area contributed by atoms with Gasteiger partial charge in [0.2, 0.25) is 0 Å². The minimum Gasteiger partial charge on any atom is -0.496 e. The van der Waals surface area contributed by atoms with Crippen LogP contribution in [0.15, 0.2) is 22.7 Å². The molecule has 0 spiro atoms. The van der Waals surface area contributed by atoms with E-state index in [9.17, 15) is 5.11 Å². The van der Waals surface area contributed by atoms with Crippen LogP contribution in [-0.4, -0.2) is 42.4 Å². The minimum absolute atomic E-state index is 0.189. The second-order valence-electron chi connectivity index (χ2n) is 5.59. The first-order valence-corrected chi connectivity index (χ1v) is 7.73. The molecule has 3 heterocycles. The summed E-state index contributed by atoms with van der Waals surface area (Å²) >= 11 is 3.51. The molecule has 1 aromatic rings. The number of piperidine rings is 3. The van der Waals surface area contributed by atoms with Crippen LogP contribution in [0.3, 0.4) is 0 Å². The normalized spacial score (nSPS) is 33.4. The van der Waals surface area contributed by atoms with Gasteiger partial charge in [-0.2, -0.15) is 0 Å². The summed E-state index contributed by atoms with van der Waals surface area (Å²) in [6, 6.07) is 6.33.